The molecule has 0 bridgehead atoms. The number of benzene rings is 6. The predicted octanol–water partition coefficient (Wildman–Crippen LogP) is 7.29. The fraction of sp³-hybridized carbons (Fsp3) is 0. The molecule has 0 heterocycles. The van der Waals surface area contributed by atoms with Crippen molar-refractivity contribution in [2.24, 2.45) is 0 Å². The second-order valence-corrected chi connectivity index (χ2v) is 17.9. The third kappa shape index (κ3) is 8.94. The number of rotatable bonds is 12. The molecule has 0 saturated carbocycles. The summed E-state index contributed by atoms with van der Waals surface area (Å²) in [5.74, 6) is 0. The topological polar surface area (TPSA) is 201 Å². The van der Waals surface area contributed by atoms with Crippen LogP contribution in [0.2, 0.25) is 0 Å². The molecule has 16 heteroatoms. The first-order valence-corrected chi connectivity index (χ1v) is 21.6. The van der Waals surface area contributed by atoms with E-state index in [-0.39, 0.29) is 32.3 Å². The maximum Gasteiger partial charge on any atom is 0.295 e. The van der Waals surface area contributed by atoms with Crippen molar-refractivity contribution < 1.29 is 42.8 Å². The van der Waals surface area contributed by atoms with Crippen LogP contribution < -0.4 is 9.44 Å². The van der Waals surface area contributed by atoms with Crippen LogP contribution in [0.15, 0.2) is 165 Å². The van der Waals surface area contributed by atoms with Crippen LogP contribution in [0.25, 0.3) is 34.4 Å². The Morgan fingerprint density at radius 2 is 0.704 bits per heavy atom. The summed E-state index contributed by atoms with van der Waals surface area (Å²) >= 11 is 0. The maximum atomic E-state index is 13.1. The quantitative estimate of drug-likeness (QED) is 0.0720. The van der Waals surface area contributed by atoms with E-state index in [1.54, 1.807) is 24.3 Å². The third-order valence-electron chi connectivity index (χ3n) is 8.07. The van der Waals surface area contributed by atoms with Gasteiger partial charge in [0.1, 0.15) is 9.79 Å². The zero-order chi connectivity index (χ0) is 38.7. The first kappa shape index (κ1) is 38.1. The van der Waals surface area contributed by atoms with Crippen LogP contribution in [0.4, 0.5) is 11.4 Å². The van der Waals surface area contributed by atoms with Crippen LogP contribution in [-0.2, 0) is 40.3 Å². The Bertz CT molecular complexity index is 2620. The molecule has 276 valence electrons. The molecular weight excluding hydrogens is 773 g/mol. The first-order chi connectivity index (χ1) is 25.5. The van der Waals surface area contributed by atoms with Crippen molar-refractivity contribution in [2.45, 2.75) is 19.6 Å². The van der Waals surface area contributed by atoms with Gasteiger partial charge in [-0.25, -0.2) is 16.8 Å². The second kappa shape index (κ2) is 15.0. The van der Waals surface area contributed by atoms with Crippen molar-refractivity contribution in [1.29, 1.82) is 0 Å². The van der Waals surface area contributed by atoms with Crippen LogP contribution in [0.5, 0.6) is 0 Å². The lowest BCUT2D eigenvalue weighted by atomic mass is 10.1. The number of hydrogen-bond acceptors (Lipinski definition) is 8. The minimum absolute atomic E-state index is 0.107. The summed E-state index contributed by atoms with van der Waals surface area (Å²) in [5, 5.41) is 0. The SMILES string of the molecule is O=S(=O)(O)c1cc(NS(=O)(=O)c2ccc(-c3ccccc3)cc2)ccc1C=Cc1ccc(NS(=O)(=O)c2ccc(-c3ccccc3)cc2)cc1S(=O)(=O)O. The molecule has 0 unspecified atom stereocenters. The van der Waals surface area contributed by atoms with Gasteiger partial charge in [-0.1, -0.05) is 109 Å². The van der Waals surface area contributed by atoms with E-state index < -0.39 is 50.1 Å². The van der Waals surface area contributed by atoms with Crippen molar-refractivity contribution in [2.75, 3.05) is 9.44 Å². The van der Waals surface area contributed by atoms with Gasteiger partial charge in [-0.3, -0.25) is 18.5 Å². The lowest BCUT2D eigenvalue weighted by Crippen LogP contribution is -2.14. The highest BCUT2D eigenvalue weighted by molar-refractivity contribution is 7.93. The largest absolute Gasteiger partial charge is 0.295 e. The van der Waals surface area contributed by atoms with E-state index in [1.165, 1.54) is 48.5 Å². The maximum absolute atomic E-state index is 13.1. The van der Waals surface area contributed by atoms with Crippen molar-refractivity contribution in [3.05, 3.63) is 157 Å². The molecule has 0 amide bonds. The normalized spacial score (nSPS) is 12.4. The lowest BCUT2D eigenvalue weighted by Gasteiger charge is -2.12. The predicted molar refractivity (Wildman–Crippen MR) is 207 cm³/mol. The van der Waals surface area contributed by atoms with Gasteiger partial charge < -0.3 is 0 Å². The Balaban J connectivity index is 1.24. The third-order valence-corrected chi connectivity index (χ3v) is 12.7. The van der Waals surface area contributed by atoms with Crippen molar-refractivity contribution >= 4 is 63.8 Å². The summed E-state index contributed by atoms with van der Waals surface area (Å²) < 4.78 is 127. The molecule has 0 atom stereocenters. The Morgan fingerprint density at radius 3 is 1.02 bits per heavy atom. The molecule has 0 aromatic heterocycles. The highest BCUT2D eigenvalue weighted by Gasteiger charge is 2.21. The van der Waals surface area contributed by atoms with E-state index in [0.29, 0.717) is 0 Å². The fourth-order valence-electron chi connectivity index (χ4n) is 5.44. The zero-order valence-corrected chi connectivity index (χ0v) is 31.1. The van der Waals surface area contributed by atoms with E-state index in [1.807, 2.05) is 60.7 Å². The highest BCUT2D eigenvalue weighted by atomic mass is 32.2. The van der Waals surface area contributed by atoms with Crippen LogP contribution in [-0.4, -0.2) is 42.8 Å². The van der Waals surface area contributed by atoms with E-state index >= 15 is 0 Å². The second-order valence-electron chi connectivity index (χ2n) is 11.8. The Hall–Kier alpha value is -5.62. The molecule has 6 rings (SSSR count). The van der Waals surface area contributed by atoms with Gasteiger partial charge in [-0.2, -0.15) is 16.8 Å². The molecule has 0 aliphatic carbocycles. The lowest BCUT2D eigenvalue weighted by molar-refractivity contribution is 0.480. The van der Waals surface area contributed by atoms with Crippen LogP contribution in [0, 0.1) is 0 Å². The minimum Gasteiger partial charge on any atom is -0.282 e. The van der Waals surface area contributed by atoms with Gasteiger partial charge in [0.05, 0.1) is 21.2 Å². The summed E-state index contributed by atoms with van der Waals surface area (Å²) in [6.07, 6.45) is 2.23. The molecule has 0 spiro atoms. The van der Waals surface area contributed by atoms with Crippen LogP contribution >= 0.6 is 0 Å². The summed E-state index contributed by atoms with van der Waals surface area (Å²) in [4.78, 5) is -1.64. The molecule has 0 fully saturated rings. The van der Waals surface area contributed by atoms with E-state index in [9.17, 15) is 42.8 Å². The van der Waals surface area contributed by atoms with Gasteiger partial charge in [0.2, 0.25) is 0 Å². The van der Waals surface area contributed by atoms with Crippen molar-refractivity contribution in [1.82, 2.24) is 0 Å². The van der Waals surface area contributed by atoms with E-state index in [4.69, 9.17) is 0 Å². The summed E-state index contributed by atoms with van der Waals surface area (Å²) in [6, 6.07) is 37.2. The number of sulfonamides is 2. The standard InChI is InChI=1S/C38H30N2O10S4/c41-51(42,35-21-15-29(16-22-35)27-7-3-1-4-8-27)39-33-19-13-31(37(25-33)53(45,46)47)11-12-32-14-20-34(26-38(32)54(48,49)50)40-52(43,44)36-23-17-30(18-24-36)28-9-5-2-6-10-28/h1-26,39-40H,(H,45,46,47)(H,48,49,50). The van der Waals surface area contributed by atoms with Gasteiger partial charge in [0.15, 0.2) is 0 Å². The van der Waals surface area contributed by atoms with Gasteiger partial charge in [0.25, 0.3) is 40.3 Å². The van der Waals surface area contributed by atoms with Crippen LogP contribution in [0.3, 0.4) is 0 Å². The molecule has 0 aliphatic heterocycles. The molecule has 12 nitrogen and oxygen atoms in total. The van der Waals surface area contributed by atoms with Gasteiger partial charge >= 0.3 is 0 Å². The highest BCUT2D eigenvalue weighted by Crippen LogP contribution is 2.29. The van der Waals surface area contributed by atoms with E-state index in [0.717, 1.165) is 46.5 Å². The molecule has 4 N–H and O–H groups in total. The van der Waals surface area contributed by atoms with E-state index in [2.05, 4.69) is 9.44 Å². The molecular formula is C38H30N2O10S4. The number of nitrogens with one attached hydrogen (secondary N) is 2. The molecule has 6 aromatic rings. The first-order valence-electron chi connectivity index (χ1n) is 15.8. The van der Waals surface area contributed by atoms with Crippen LogP contribution in [0.1, 0.15) is 11.1 Å². The fourth-order valence-corrected chi connectivity index (χ4v) is 8.96. The molecule has 0 aliphatic rings. The monoisotopic (exact) mass is 802 g/mol. The van der Waals surface area contributed by atoms with Crippen molar-refractivity contribution in [3.63, 3.8) is 0 Å². The van der Waals surface area contributed by atoms with Gasteiger partial charge in [-0.15, -0.1) is 0 Å². The minimum atomic E-state index is -4.96. The zero-order valence-electron chi connectivity index (χ0n) is 27.8. The van der Waals surface area contributed by atoms with Gasteiger partial charge in [0, 0.05) is 0 Å². The Labute approximate surface area is 313 Å². The average Bonchev–Trinajstić information content (AvgIpc) is 3.14. The molecule has 0 saturated heterocycles. The summed E-state index contributed by atoms with van der Waals surface area (Å²) in [7, 11) is -18.3. The number of hydrogen-bond donors (Lipinski definition) is 4. The average molecular weight is 803 g/mol. The number of anilines is 2. The smallest absolute Gasteiger partial charge is 0.282 e. The molecule has 6 aromatic carbocycles. The summed E-state index contributed by atoms with van der Waals surface area (Å²) in [5.41, 5.74) is 2.57. The van der Waals surface area contributed by atoms with Crippen molar-refractivity contribution in [3.8, 4) is 22.3 Å². The molecule has 54 heavy (non-hydrogen) atoms. The summed E-state index contributed by atoms with van der Waals surface area (Å²) in [6.45, 7) is 0. The molecule has 0 radical (unpaired) electrons. The van der Waals surface area contributed by atoms with Gasteiger partial charge in [-0.05, 0) is 81.9 Å². The Kier molecular flexibility index (Phi) is 10.6. The Morgan fingerprint density at radius 1 is 0.389 bits per heavy atom.